The molecule has 1 aliphatic carbocycles. The van der Waals surface area contributed by atoms with E-state index in [9.17, 15) is 5.11 Å². The third-order valence-corrected chi connectivity index (χ3v) is 4.71. The zero-order valence-electron chi connectivity index (χ0n) is 15.0. The van der Waals surface area contributed by atoms with Crippen LogP contribution in [0.25, 0.3) is 11.4 Å². The van der Waals surface area contributed by atoms with Crippen molar-refractivity contribution in [3.8, 4) is 11.4 Å². The van der Waals surface area contributed by atoms with Crippen LogP contribution in [0.5, 0.6) is 0 Å². The van der Waals surface area contributed by atoms with Gasteiger partial charge in [0.1, 0.15) is 11.6 Å². The molecule has 3 aromatic rings. The molecule has 2 aromatic heterocycles. The summed E-state index contributed by atoms with van der Waals surface area (Å²) in [5, 5.41) is 16.8. The Morgan fingerprint density at radius 1 is 0.926 bits per heavy atom. The van der Waals surface area contributed by atoms with Crippen molar-refractivity contribution < 1.29 is 5.11 Å². The highest BCUT2D eigenvalue weighted by molar-refractivity contribution is 5.65. The number of hydrogen-bond acceptors (Lipinski definition) is 6. The van der Waals surface area contributed by atoms with E-state index in [0.717, 1.165) is 42.8 Å². The minimum absolute atomic E-state index is 0.223. The Balaban J connectivity index is 1.63. The van der Waals surface area contributed by atoms with Crippen LogP contribution in [0.1, 0.15) is 25.7 Å². The van der Waals surface area contributed by atoms with Crippen molar-refractivity contribution in [2.45, 2.75) is 37.8 Å². The monoisotopic (exact) mass is 361 g/mol. The highest BCUT2D eigenvalue weighted by Crippen LogP contribution is 2.26. The number of pyridine rings is 1. The van der Waals surface area contributed by atoms with Gasteiger partial charge in [-0.05, 0) is 37.8 Å². The molecule has 0 aliphatic heterocycles. The second kappa shape index (κ2) is 8.14. The summed E-state index contributed by atoms with van der Waals surface area (Å²) in [6.45, 7) is 0. The van der Waals surface area contributed by atoms with Crippen LogP contribution in [-0.2, 0) is 0 Å². The summed E-state index contributed by atoms with van der Waals surface area (Å²) in [4.78, 5) is 13.4. The van der Waals surface area contributed by atoms with Crippen LogP contribution in [0, 0.1) is 0 Å². The first-order chi connectivity index (χ1) is 13.3. The van der Waals surface area contributed by atoms with E-state index in [4.69, 9.17) is 4.98 Å². The molecule has 2 atom stereocenters. The second-order valence-electron chi connectivity index (χ2n) is 6.85. The molecule has 27 heavy (non-hydrogen) atoms. The van der Waals surface area contributed by atoms with Crippen LogP contribution in [0.2, 0.25) is 0 Å². The molecule has 4 rings (SSSR count). The first-order valence-electron chi connectivity index (χ1n) is 9.32. The second-order valence-corrected chi connectivity index (χ2v) is 6.85. The molecule has 0 spiro atoms. The van der Waals surface area contributed by atoms with Crippen LogP contribution in [-0.4, -0.2) is 32.2 Å². The molecule has 1 aromatic carbocycles. The van der Waals surface area contributed by atoms with Gasteiger partial charge >= 0.3 is 0 Å². The Morgan fingerprint density at radius 3 is 2.48 bits per heavy atom. The maximum atomic E-state index is 9.95. The topological polar surface area (TPSA) is 83.0 Å². The van der Waals surface area contributed by atoms with Gasteiger partial charge in [-0.2, -0.15) is 0 Å². The predicted molar refractivity (Wildman–Crippen MR) is 107 cm³/mol. The van der Waals surface area contributed by atoms with Gasteiger partial charge in [0.2, 0.25) is 0 Å². The van der Waals surface area contributed by atoms with Gasteiger partial charge in [-0.15, -0.1) is 0 Å². The summed E-state index contributed by atoms with van der Waals surface area (Å²) in [5.41, 5.74) is 1.88. The molecule has 138 valence electrons. The molecule has 0 bridgehead atoms. The third kappa shape index (κ3) is 4.60. The summed E-state index contributed by atoms with van der Waals surface area (Å²) in [5.74, 6) is 2.14. The van der Waals surface area contributed by atoms with E-state index in [-0.39, 0.29) is 12.1 Å². The van der Waals surface area contributed by atoms with E-state index in [1.807, 2.05) is 48.5 Å². The first kappa shape index (κ1) is 17.4. The van der Waals surface area contributed by atoms with Gasteiger partial charge in [-0.25, -0.2) is 9.97 Å². The average Bonchev–Trinajstić information content (AvgIpc) is 2.69. The smallest absolute Gasteiger partial charge is 0.163 e. The summed E-state index contributed by atoms with van der Waals surface area (Å²) in [6.07, 6.45) is 6.94. The number of aliphatic hydroxyl groups is 1. The lowest BCUT2D eigenvalue weighted by Gasteiger charge is -2.27. The highest BCUT2D eigenvalue weighted by Gasteiger charge is 2.20. The third-order valence-electron chi connectivity index (χ3n) is 4.71. The Labute approximate surface area is 158 Å². The maximum absolute atomic E-state index is 9.95. The van der Waals surface area contributed by atoms with Gasteiger partial charge in [-0.3, -0.25) is 4.98 Å². The van der Waals surface area contributed by atoms with Crippen molar-refractivity contribution in [3.63, 3.8) is 0 Å². The minimum Gasteiger partial charge on any atom is -0.393 e. The summed E-state index contributed by atoms with van der Waals surface area (Å²) in [6, 6.07) is 15.9. The van der Waals surface area contributed by atoms with Crippen molar-refractivity contribution >= 4 is 17.3 Å². The SMILES string of the molecule is OC1CCCC(Nc2cc(Nc3ccncc3)nc(-c3ccccc3)n2)C1. The molecule has 3 N–H and O–H groups in total. The lowest BCUT2D eigenvalue weighted by molar-refractivity contribution is 0.124. The largest absolute Gasteiger partial charge is 0.393 e. The molecule has 1 saturated carbocycles. The summed E-state index contributed by atoms with van der Waals surface area (Å²) in [7, 11) is 0. The van der Waals surface area contributed by atoms with Crippen LogP contribution in [0.3, 0.4) is 0 Å². The molecule has 6 heteroatoms. The van der Waals surface area contributed by atoms with E-state index in [2.05, 4.69) is 20.6 Å². The molecule has 2 heterocycles. The molecule has 1 fully saturated rings. The molecule has 0 radical (unpaired) electrons. The fourth-order valence-electron chi connectivity index (χ4n) is 3.39. The molecule has 1 aliphatic rings. The Hall–Kier alpha value is -2.99. The first-order valence-corrected chi connectivity index (χ1v) is 9.32. The number of rotatable bonds is 5. The summed E-state index contributed by atoms with van der Waals surface area (Å²) < 4.78 is 0. The molecule has 6 nitrogen and oxygen atoms in total. The number of benzene rings is 1. The fraction of sp³-hybridized carbons (Fsp3) is 0.286. The molecule has 0 saturated heterocycles. The number of hydrogen-bond donors (Lipinski definition) is 3. The van der Waals surface area contributed by atoms with Crippen LogP contribution in [0.15, 0.2) is 60.9 Å². The summed E-state index contributed by atoms with van der Waals surface area (Å²) >= 11 is 0. The van der Waals surface area contributed by atoms with Gasteiger partial charge in [-0.1, -0.05) is 30.3 Å². The number of aromatic nitrogens is 3. The average molecular weight is 361 g/mol. The Kier molecular flexibility index (Phi) is 5.25. The normalized spacial score (nSPS) is 19.4. The van der Waals surface area contributed by atoms with E-state index in [1.165, 1.54) is 0 Å². The van der Waals surface area contributed by atoms with E-state index >= 15 is 0 Å². The quantitative estimate of drug-likeness (QED) is 0.637. The van der Waals surface area contributed by atoms with Gasteiger partial charge in [0.15, 0.2) is 5.82 Å². The molecular weight excluding hydrogens is 338 g/mol. The number of nitrogens with one attached hydrogen (secondary N) is 2. The van der Waals surface area contributed by atoms with Crippen molar-refractivity contribution in [1.29, 1.82) is 0 Å². The van der Waals surface area contributed by atoms with Crippen molar-refractivity contribution in [1.82, 2.24) is 15.0 Å². The van der Waals surface area contributed by atoms with Gasteiger partial charge < -0.3 is 15.7 Å². The molecular formula is C21H23N5O. The van der Waals surface area contributed by atoms with E-state index in [1.54, 1.807) is 12.4 Å². The predicted octanol–water partition coefficient (Wildman–Crippen LogP) is 4.00. The standard InChI is InChI=1S/C21H23N5O/c27-18-8-4-7-17(13-18)24-20-14-19(23-16-9-11-22-12-10-16)25-21(26-20)15-5-2-1-3-6-15/h1-3,5-6,9-12,14,17-18,27H,4,7-8,13H2,(H2,22,23,24,25,26). The number of anilines is 3. The van der Waals surface area contributed by atoms with Crippen LogP contribution in [0.4, 0.5) is 17.3 Å². The Morgan fingerprint density at radius 2 is 1.70 bits per heavy atom. The maximum Gasteiger partial charge on any atom is 0.163 e. The minimum atomic E-state index is -0.235. The van der Waals surface area contributed by atoms with Crippen LogP contribution < -0.4 is 10.6 Å². The highest BCUT2D eigenvalue weighted by atomic mass is 16.3. The van der Waals surface area contributed by atoms with Gasteiger partial charge in [0.25, 0.3) is 0 Å². The van der Waals surface area contributed by atoms with Gasteiger partial charge in [0.05, 0.1) is 6.10 Å². The Bertz CT molecular complexity index is 872. The van der Waals surface area contributed by atoms with E-state index in [0.29, 0.717) is 11.6 Å². The fourth-order valence-corrected chi connectivity index (χ4v) is 3.39. The van der Waals surface area contributed by atoms with E-state index < -0.39 is 0 Å². The van der Waals surface area contributed by atoms with Crippen molar-refractivity contribution in [2.24, 2.45) is 0 Å². The van der Waals surface area contributed by atoms with Gasteiger partial charge in [0, 0.05) is 35.8 Å². The van der Waals surface area contributed by atoms with Crippen molar-refractivity contribution in [3.05, 3.63) is 60.9 Å². The zero-order valence-corrected chi connectivity index (χ0v) is 15.0. The zero-order chi connectivity index (χ0) is 18.5. The molecule has 2 unspecified atom stereocenters. The number of aliphatic hydroxyl groups excluding tert-OH is 1. The lowest BCUT2D eigenvalue weighted by Crippen LogP contribution is -2.30. The lowest BCUT2D eigenvalue weighted by atomic mass is 9.93. The number of nitrogens with zero attached hydrogens (tertiary/aromatic N) is 3. The van der Waals surface area contributed by atoms with Crippen LogP contribution >= 0.6 is 0 Å². The molecule has 0 amide bonds. The van der Waals surface area contributed by atoms with Crippen molar-refractivity contribution in [2.75, 3.05) is 10.6 Å².